The summed E-state index contributed by atoms with van der Waals surface area (Å²) in [7, 11) is 0. The largest absolute Gasteiger partial charge is 0.493 e. The van der Waals surface area contributed by atoms with Crippen molar-refractivity contribution >= 4 is 11.3 Å². The zero-order chi connectivity index (χ0) is 16.1. The average Bonchev–Trinajstić information content (AvgIpc) is 3.09. The molecule has 1 fully saturated rings. The summed E-state index contributed by atoms with van der Waals surface area (Å²) in [5, 5.41) is 12.3. The summed E-state index contributed by atoms with van der Waals surface area (Å²) in [6.45, 7) is 3.27. The molecule has 0 radical (unpaired) electrons. The van der Waals surface area contributed by atoms with E-state index in [9.17, 15) is 9.50 Å². The first-order valence-corrected chi connectivity index (χ1v) is 8.91. The van der Waals surface area contributed by atoms with Crippen LogP contribution in [0.2, 0.25) is 0 Å². The van der Waals surface area contributed by atoms with Gasteiger partial charge in [-0.1, -0.05) is 6.07 Å². The number of benzene rings is 1. The van der Waals surface area contributed by atoms with Crippen LogP contribution in [0, 0.1) is 11.7 Å². The Bertz CT molecular complexity index is 588. The highest BCUT2D eigenvalue weighted by Crippen LogP contribution is 2.24. The molecule has 3 rings (SSSR count). The molecule has 1 aromatic heterocycles. The maximum Gasteiger partial charge on any atom is 0.123 e. The molecule has 124 valence electrons. The Morgan fingerprint density at radius 1 is 1.30 bits per heavy atom. The highest BCUT2D eigenvalue weighted by Gasteiger charge is 2.23. The summed E-state index contributed by atoms with van der Waals surface area (Å²) >= 11 is 1.60. The lowest BCUT2D eigenvalue weighted by Gasteiger charge is -2.33. The minimum atomic E-state index is -0.410. The second-order valence-corrected chi connectivity index (χ2v) is 7.04. The fourth-order valence-electron chi connectivity index (χ4n) is 3.01. The standard InChI is InChI=1S/C18H22FNO2S/c19-15-5-7-16(8-6-15)22-13-14-3-1-9-20(11-14)12-17(21)18-4-2-10-23-18/h2,4-8,10,14,17,21H,1,3,9,11-13H2/t14-,17-/m1/s1. The molecular weight excluding hydrogens is 313 g/mol. The van der Waals surface area contributed by atoms with E-state index in [2.05, 4.69) is 4.90 Å². The van der Waals surface area contributed by atoms with Crippen molar-refractivity contribution in [2.24, 2.45) is 5.92 Å². The minimum Gasteiger partial charge on any atom is -0.493 e. The molecule has 23 heavy (non-hydrogen) atoms. The maximum atomic E-state index is 12.9. The lowest BCUT2D eigenvalue weighted by atomic mass is 9.98. The fourth-order valence-corrected chi connectivity index (χ4v) is 3.72. The van der Waals surface area contributed by atoms with Gasteiger partial charge in [0.2, 0.25) is 0 Å². The third kappa shape index (κ3) is 4.77. The van der Waals surface area contributed by atoms with E-state index in [-0.39, 0.29) is 5.82 Å². The van der Waals surface area contributed by atoms with Gasteiger partial charge < -0.3 is 9.84 Å². The number of halogens is 1. The lowest BCUT2D eigenvalue weighted by molar-refractivity contribution is 0.0730. The molecule has 3 nitrogen and oxygen atoms in total. The summed E-state index contributed by atoms with van der Waals surface area (Å²) < 4.78 is 18.7. The first kappa shape index (κ1) is 16.4. The van der Waals surface area contributed by atoms with Gasteiger partial charge in [-0.3, -0.25) is 4.90 Å². The van der Waals surface area contributed by atoms with E-state index in [0.717, 1.165) is 30.8 Å². The first-order chi connectivity index (χ1) is 11.2. The Labute approximate surface area is 140 Å². The number of β-amino-alcohol motifs (C(OH)–C–C–N with tert-alkyl or cyclic N) is 1. The third-order valence-corrected chi connectivity index (χ3v) is 5.18. The van der Waals surface area contributed by atoms with Crippen molar-refractivity contribution in [2.45, 2.75) is 18.9 Å². The molecule has 1 aliphatic heterocycles. The average molecular weight is 335 g/mol. The number of likely N-dealkylation sites (tertiary alicyclic amines) is 1. The molecule has 0 unspecified atom stereocenters. The number of nitrogens with zero attached hydrogens (tertiary/aromatic N) is 1. The van der Waals surface area contributed by atoms with E-state index < -0.39 is 6.10 Å². The molecule has 2 atom stereocenters. The second kappa shape index (κ2) is 7.90. The van der Waals surface area contributed by atoms with Crippen LogP contribution in [0.15, 0.2) is 41.8 Å². The normalized spacial score (nSPS) is 20.3. The number of piperidine rings is 1. The van der Waals surface area contributed by atoms with E-state index in [1.807, 2.05) is 17.5 Å². The van der Waals surface area contributed by atoms with Crippen LogP contribution in [0.4, 0.5) is 4.39 Å². The number of aliphatic hydroxyl groups is 1. The molecule has 2 aromatic rings. The van der Waals surface area contributed by atoms with E-state index >= 15 is 0 Å². The van der Waals surface area contributed by atoms with Gasteiger partial charge >= 0.3 is 0 Å². The number of hydrogen-bond donors (Lipinski definition) is 1. The van der Waals surface area contributed by atoms with Gasteiger partial charge in [-0.05, 0) is 55.1 Å². The van der Waals surface area contributed by atoms with Crippen molar-refractivity contribution in [1.82, 2.24) is 4.90 Å². The van der Waals surface area contributed by atoms with Crippen LogP contribution in [-0.2, 0) is 0 Å². The van der Waals surface area contributed by atoms with Crippen molar-refractivity contribution < 1.29 is 14.2 Å². The van der Waals surface area contributed by atoms with Gasteiger partial charge in [0.25, 0.3) is 0 Å². The zero-order valence-corrected chi connectivity index (χ0v) is 13.8. The Morgan fingerprint density at radius 3 is 2.87 bits per heavy atom. The molecule has 0 bridgehead atoms. The molecule has 2 heterocycles. The predicted molar refractivity (Wildman–Crippen MR) is 90.3 cm³/mol. The molecular formula is C18H22FNO2S. The molecule has 5 heteroatoms. The maximum absolute atomic E-state index is 12.9. The molecule has 1 aliphatic rings. The van der Waals surface area contributed by atoms with E-state index in [1.165, 1.54) is 12.1 Å². The van der Waals surface area contributed by atoms with Crippen molar-refractivity contribution in [3.05, 3.63) is 52.5 Å². The first-order valence-electron chi connectivity index (χ1n) is 8.03. The molecule has 0 spiro atoms. The van der Waals surface area contributed by atoms with Crippen LogP contribution in [0.5, 0.6) is 5.75 Å². The van der Waals surface area contributed by atoms with Gasteiger partial charge in [-0.2, -0.15) is 0 Å². The zero-order valence-electron chi connectivity index (χ0n) is 13.0. The molecule has 0 amide bonds. The summed E-state index contributed by atoms with van der Waals surface area (Å²) in [4.78, 5) is 3.33. The van der Waals surface area contributed by atoms with Gasteiger partial charge in [-0.15, -0.1) is 11.3 Å². The van der Waals surface area contributed by atoms with Crippen LogP contribution < -0.4 is 4.74 Å². The number of ether oxygens (including phenoxy) is 1. The minimum absolute atomic E-state index is 0.247. The van der Waals surface area contributed by atoms with Crippen molar-refractivity contribution in [3.8, 4) is 5.75 Å². The van der Waals surface area contributed by atoms with Gasteiger partial charge in [-0.25, -0.2) is 4.39 Å². The van der Waals surface area contributed by atoms with E-state index in [0.29, 0.717) is 24.8 Å². The van der Waals surface area contributed by atoms with Crippen molar-refractivity contribution in [2.75, 3.05) is 26.2 Å². The van der Waals surface area contributed by atoms with Crippen molar-refractivity contribution in [3.63, 3.8) is 0 Å². The Kier molecular flexibility index (Phi) is 5.65. The Morgan fingerprint density at radius 2 is 2.13 bits per heavy atom. The third-order valence-electron chi connectivity index (χ3n) is 4.21. The summed E-state index contributed by atoms with van der Waals surface area (Å²) in [5.41, 5.74) is 0. The highest BCUT2D eigenvalue weighted by atomic mass is 32.1. The monoisotopic (exact) mass is 335 g/mol. The second-order valence-electron chi connectivity index (χ2n) is 6.06. The van der Waals surface area contributed by atoms with Gasteiger partial charge in [0.05, 0.1) is 6.61 Å². The SMILES string of the molecule is O[C@H](CN1CCC[C@@H](COc2ccc(F)cc2)C1)c1cccs1. The van der Waals surface area contributed by atoms with E-state index in [4.69, 9.17) is 4.74 Å². The van der Waals surface area contributed by atoms with Crippen LogP contribution in [0.3, 0.4) is 0 Å². The molecule has 0 aliphatic carbocycles. The number of hydrogen-bond acceptors (Lipinski definition) is 4. The molecule has 1 saturated heterocycles. The fraction of sp³-hybridized carbons (Fsp3) is 0.444. The lowest BCUT2D eigenvalue weighted by Crippen LogP contribution is -2.39. The summed E-state index contributed by atoms with van der Waals surface area (Å²) in [5.74, 6) is 0.912. The summed E-state index contributed by atoms with van der Waals surface area (Å²) in [6.07, 6.45) is 1.84. The molecule has 1 N–H and O–H groups in total. The van der Waals surface area contributed by atoms with Crippen molar-refractivity contribution in [1.29, 1.82) is 0 Å². The summed E-state index contributed by atoms with van der Waals surface area (Å²) in [6, 6.07) is 10.1. The number of aliphatic hydroxyl groups excluding tert-OH is 1. The highest BCUT2D eigenvalue weighted by molar-refractivity contribution is 7.10. The van der Waals surface area contributed by atoms with Crippen LogP contribution >= 0.6 is 11.3 Å². The van der Waals surface area contributed by atoms with E-state index in [1.54, 1.807) is 23.5 Å². The van der Waals surface area contributed by atoms with Crippen LogP contribution in [0.1, 0.15) is 23.8 Å². The quantitative estimate of drug-likeness (QED) is 0.873. The van der Waals surface area contributed by atoms with Crippen LogP contribution in [0.25, 0.3) is 0 Å². The van der Waals surface area contributed by atoms with Gasteiger partial charge in [0.15, 0.2) is 0 Å². The smallest absolute Gasteiger partial charge is 0.123 e. The van der Waals surface area contributed by atoms with Gasteiger partial charge in [0.1, 0.15) is 17.7 Å². The van der Waals surface area contributed by atoms with Crippen LogP contribution in [-0.4, -0.2) is 36.2 Å². The Hall–Kier alpha value is -1.43. The molecule has 1 aromatic carbocycles. The molecule has 0 saturated carbocycles. The topological polar surface area (TPSA) is 32.7 Å². The Balaban J connectivity index is 1.47. The number of rotatable bonds is 6. The number of thiophene rings is 1. The van der Waals surface area contributed by atoms with Gasteiger partial charge in [0, 0.05) is 23.9 Å². The predicted octanol–water partition coefficient (Wildman–Crippen LogP) is 3.71.